The SMILES string of the molecule is C[C@H](NC(=O)NCc1cccs1)[C@H]1CCCO1. The lowest BCUT2D eigenvalue weighted by atomic mass is 10.1. The largest absolute Gasteiger partial charge is 0.376 e. The number of ether oxygens (including phenoxy) is 1. The minimum Gasteiger partial charge on any atom is -0.376 e. The molecule has 1 aliphatic rings. The molecule has 0 spiro atoms. The van der Waals surface area contributed by atoms with Gasteiger partial charge in [0.25, 0.3) is 0 Å². The molecule has 4 nitrogen and oxygen atoms in total. The summed E-state index contributed by atoms with van der Waals surface area (Å²) in [6, 6.07) is 3.94. The Balaban J connectivity index is 1.69. The highest BCUT2D eigenvalue weighted by Gasteiger charge is 2.23. The van der Waals surface area contributed by atoms with Crippen LogP contribution < -0.4 is 10.6 Å². The molecule has 0 aliphatic carbocycles. The van der Waals surface area contributed by atoms with Gasteiger partial charge in [-0.25, -0.2) is 4.79 Å². The van der Waals surface area contributed by atoms with Crippen LogP contribution in [0.2, 0.25) is 0 Å². The van der Waals surface area contributed by atoms with Crippen LogP contribution in [0.15, 0.2) is 17.5 Å². The van der Waals surface area contributed by atoms with Crippen LogP contribution in [0.25, 0.3) is 0 Å². The molecule has 2 amide bonds. The zero-order valence-corrected chi connectivity index (χ0v) is 10.8. The van der Waals surface area contributed by atoms with E-state index in [-0.39, 0.29) is 18.2 Å². The number of thiophene rings is 1. The van der Waals surface area contributed by atoms with E-state index < -0.39 is 0 Å². The molecule has 0 saturated carbocycles. The van der Waals surface area contributed by atoms with E-state index in [1.807, 2.05) is 24.4 Å². The number of rotatable bonds is 4. The maximum absolute atomic E-state index is 11.6. The number of hydrogen-bond acceptors (Lipinski definition) is 3. The van der Waals surface area contributed by atoms with E-state index in [4.69, 9.17) is 4.74 Å². The summed E-state index contributed by atoms with van der Waals surface area (Å²) < 4.78 is 5.53. The van der Waals surface area contributed by atoms with Gasteiger partial charge in [-0.3, -0.25) is 0 Å². The van der Waals surface area contributed by atoms with Crippen molar-refractivity contribution in [2.45, 2.75) is 38.5 Å². The first kappa shape index (κ1) is 12.4. The van der Waals surface area contributed by atoms with Gasteiger partial charge in [-0.15, -0.1) is 11.3 Å². The molecule has 1 aliphatic heterocycles. The highest BCUT2D eigenvalue weighted by atomic mass is 32.1. The van der Waals surface area contributed by atoms with Gasteiger partial charge in [0, 0.05) is 11.5 Å². The second-order valence-electron chi connectivity index (χ2n) is 4.25. The van der Waals surface area contributed by atoms with Crippen molar-refractivity contribution in [1.29, 1.82) is 0 Å². The van der Waals surface area contributed by atoms with E-state index in [9.17, 15) is 4.79 Å². The summed E-state index contributed by atoms with van der Waals surface area (Å²) in [6.45, 7) is 3.38. The average molecular weight is 254 g/mol. The first-order valence-corrected chi connectivity index (χ1v) is 6.82. The van der Waals surface area contributed by atoms with Gasteiger partial charge >= 0.3 is 6.03 Å². The molecule has 17 heavy (non-hydrogen) atoms. The van der Waals surface area contributed by atoms with Crippen LogP contribution in [0.5, 0.6) is 0 Å². The molecule has 0 unspecified atom stereocenters. The van der Waals surface area contributed by atoms with E-state index in [0.717, 1.165) is 24.3 Å². The van der Waals surface area contributed by atoms with Crippen LogP contribution >= 0.6 is 11.3 Å². The average Bonchev–Trinajstić information content (AvgIpc) is 2.99. The second-order valence-corrected chi connectivity index (χ2v) is 5.28. The maximum Gasteiger partial charge on any atom is 0.315 e. The molecule has 2 N–H and O–H groups in total. The van der Waals surface area contributed by atoms with Gasteiger partial charge in [0.05, 0.1) is 18.7 Å². The lowest BCUT2D eigenvalue weighted by molar-refractivity contribution is 0.0860. The number of carbonyl (C=O) groups excluding carboxylic acids is 1. The molecular formula is C12H18N2O2S. The fourth-order valence-electron chi connectivity index (χ4n) is 1.93. The Labute approximate surface area is 105 Å². The number of amides is 2. The Morgan fingerprint density at radius 3 is 3.24 bits per heavy atom. The van der Waals surface area contributed by atoms with Crippen LogP contribution in [0.3, 0.4) is 0 Å². The summed E-state index contributed by atoms with van der Waals surface area (Å²) in [7, 11) is 0. The lowest BCUT2D eigenvalue weighted by Gasteiger charge is -2.20. The highest BCUT2D eigenvalue weighted by Crippen LogP contribution is 2.15. The third-order valence-corrected chi connectivity index (χ3v) is 3.76. The Hall–Kier alpha value is -1.07. The Bertz CT molecular complexity index is 347. The number of hydrogen-bond donors (Lipinski definition) is 2. The molecule has 2 atom stereocenters. The van der Waals surface area contributed by atoms with Crippen molar-refractivity contribution >= 4 is 17.4 Å². The second kappa shape index (κ2) is 6.02. The molecule has 1 saturated heterocycles. The number of urea groups is 1. The molecule has 1 aromatic heterocycles. The van der Waals surface area contributed by atoms with E-state index >= 15 is 0 Å². The Morgan fingerprint density at radius 1 is 1.71 bits per heavy atom. The van der Waals surface area contributed by atoms with Crippen LogP contribution in [0.1, 0.15) is 24.6 Å². The van der Waals surface area contributed by atoms with Crippen molar-refractivity contribution in [3.63, 3.8) is 0 Å². The van der Waals surface area contributed by atoms with Gasteiger partial charge in [-0.2, -0.15) is 0 Å². The molecule has 94 valence electrons. The zero-order valence-electron chi connectivity index (χ0n) is 9.94. The van der Waals surface area contributed by atoms with E-state index in [1.54, 1.807) is 11.3 Å². The zero-order chi connectivity index (χ0) is 12.1. The Kier molecular flexibility index (Phi) is 4.39. The van der Waals surface area contributed by atoms with Crippen LogP contribution in [0.4, 0.5) is 4.79 Å². The van der Waals surface area contributed by atoms with Crippen molar-refractivity contribution in [2.75, 3.05) is 6.61 Å². The minimum absolute atomic E-state index is 0.0702. The Morgan fingerprint density at radius 2 is 2.59 bits per heavy atom. The summed E-state index contributed by atoms with van der Waals surface area (Å²) in [6.07, 6.45) is 2.29. The predicted octanol–water partition coefficient (Wildman–Crippen LogP) is 2.11. The number of carbonyl (C=O) groups is 1. The van der Waals surface area contributed by atoms with Gasteiger partial charge in [0.2, 0.25) is 0 Å². The van der Waals surface area contributed by atoms with Crippen molar-refractivity contribution in [2.24, 2.45) is 0 Å². The van der Waals surface area contributed by atoms with E-state index in [0.29, 0.717) is 6.54 Å². The number of nitrogens with one attached hydrogen (secondary N) is 2. The quantitative estimate of drug-likeness (QED) is 0.864. The fraction of sp³-hybridized carbons (Fsp3) is 0.583. The van der Waals surface area contributed by atoms with Gasteiger partial charge in [-0.05, 0) is 31.2 Å². The van der Waals surface area contributed by atoms with Crippen LogP contribution in [-0.4, -0.2) is 24.8 Å². The van der Waals surface area contributed by atoms with Crippen LogP contribution in [-0.2, 0) is 11.3 Å². The third kappa shape index (κ3) is 3.71. The molecule has 1 aromatic rings. The molecular weight excluding hydrogens is 236 g/mol. The minimum atomic E-state index is -0.124. The van der Waals surface area contributed by atoms with Gasteiger partial charge in [0.1, 0.15) is 0 Å². The summed E-state index contributed by atoms with van der Waals surface area (Å²) in [5.74, 6) is 0. The predicted molar refractivity (Wildman–Crippen MR) is 68.1 cm³/mol. The first-order chi connectivity index (χ1) is 8.25. The van der Waals surface area contributed by atoms with Gasteiger partial charge < -0.3 is 15.4 Å². The summed E-state index contributed by atoms with van der Waals surface area (Å²) in [5, 5.41) is 7.76. The summed E-state index contributed by atoms with van der Waals surface area (Å²) in [5.41, 5.74) is 0. The third-order valence-electron chi connectivity index (χ3n) is 2.88. The maximum atomic E-state index is 11.6. The van der Waals surface area contributed by atoms with E-state index in [1.165, 1.54) is 0 Å². The van der Waals surface area contributed by atoms with Crippen molar-refractivity contribution in [3.05, 3.63) is 22.4 Å². The van der Waals surface area contributed by atoms with Crippen molar-refractivity contribution < 1.29 is 9.53 Å². The molecule has 2 rings (SSSR count). The summed E-state index contributed by atoms with van der Waals surface area (Å²) in [4.78, 5) is 12.8. The van der Waals surface area contributed by atoms with Gasteiger partial charge in [0.15, 0.2) is 0 Å². The summed E-state index contributed by atoms with van der Waals surface area (Å²) >= 11 is 1.64. The topological polar surface area (TPSA) is 50.4 Å². The monoisotopic (exact) mass is 254 g/mol. The molecule has 5 heteroatoms. The fourth-order valence-corrected chi connectivity index (χ4v) is 2.57. The van der Waals surface area contributed by atoms with E-state index in [2.05, 4.69) is 10.6 Å². The van der Waals surface area contributed by atoms with Crippen molar-refractivity contribution in [3.8, 4) is 0 Å². The lowest BCUT2D eigenvalue weighted by Crippen LogP contribution is -2.45. The van der Waals surface area contributed by atoms with Crippen molar-refractivity contribution in [1.82, 2.24) is 10.6 Å². The smallest absolute Gasteiger partial charge is 0.315 e. The normalized spacial score (nSPS) is 21.1. The molecule has 0 aromatic carbocycles. The molecule has 1 fully saturated rings. The standard InChI is InChI=1S/C12H18N2O2S/c1-9(11-5-2-6-16-11)14-12(15)13-8-10-4-3-7-17-10/h3-4,7,9,11H,2,5-6,8H2,1H3,(H2,13,14,15)/t9-,11+/m0/s1. The molecule has 2 heterocycles. The van der Waals surface area contributed by atoms with Crippen LogP contribution in [0, 0.1) is 0 Å². The first-order valence-electron chi connectivity index (χ1n) is 5.94. The highest BCUT2D eigenvalue weighted by molar-refractivity contribution is 7.09. The van der Waals surface area contributed by atoms with Gasteiger partial charge in [-0.1, -0.05) is 6.07 Å². The molecule has 0 radical (unpaired) electrons. The molecule has 0 bridgehead atoms.